The lowest BCUT2D eigenvalue weighted by atomic mass is 10.0. The Labute approximate surface area is 178 Å². The maximum absolute atomic E-state index is 14.4. The zero-order chi connectivity index (χ0) is 22.4. The normalized spacial score (nSPS) is 19.1. The first-order chi connectivity index (χ1) is 14.0. The highest BCUT2D eigenvalue weighted by molar-refractivity contribution is 8.04. The molecule has 0 spiro atoms. The number of rotatable bonds is 11. The summed E-state index contributed by atoms with van der Waals surface area (Å²) in [4.78, 5) is 33.0. The Kier molecular flexibility index (Phi) is 8.87. The molecule has 1 saturated heterocycles. The smallest absolute Gasteiger partial charge is 0.335 e. The molecule has 0 aromatic heterocycles. The first kappa shape index (κ1) is 24.8. The Morgan fingerprint density at radius 3 is 2.60 bits per heavy atom. The van der Waals surface area contributed by atoms with Gasteiger partial charge in [-0.25, -0.2) is 4.79 Å². The molecule has 0 aliphatic carbocycles. The minimum atomic E-state index is -4.02. The van der Waals surface area contributed by atoms with Gasteiger partial charge in [-0.05, 0) is 18.6 Å². The van der Waals surface area contributed by atoms with E-state index < -0.39 is 25.7 Å². The molecule has 1 aromatic carbocycles. The molecule has 1 heterocycles. The first-order valence-corrected chi connectivity index (χ1v) is 12.4. The predicted molar refractivity (Wildman–Crippen MR) is 113 cm³/mol. The van der Waals surface area contributed by atoms with Crippen LogP contribution in [0.3, 0.4) is 0 Å². The highest BCUT2D eigenvalue weighted by Gasteiger charge is 2.39. The van der Waals surface area contributed by atoms with Gasteiger partial charge in [0.2, 0.25) is 0 Å². The van der Waals surface area contributed by atoms with Crippen LogP contribution in [0.25, 0.3) is 0 Å². The second kappa shape index (κ2) is 10.7. The Hall–Kier alpha value is -1.45. The molecule has 30 heavy (non-hydrogen) atoms. The van der Waals surface area contributed by atoms with Crippen LogP contribution < -0.4 is 0 Å². The van der Waals surface area contributed by atoms with Gasteiger partial charge in [0.1, 0.15) is 6.10 Å². The quantitative estimate of drug-likeness (QED) is 0.264. The van der Waals surface area contributed by atoms with E-state index in [1.807, 2.05) is 0 Å². The third kappa shape index (κ3) is 7.06. The number of halogens is 2. The van der Waals surface area contributed by atoms with Gasteiger partial charge in [0.05, 0.1) is 11.5 Å². The molecule has 1 aliphatic rings. The molecule has 0 saturated carbocycles. The molecular formula is C19H27F2N2O5PS. The minimum absolute atomic E-state index is 0.225. The molecule has 2 rings (SSSR count). The Balaban J connectivity index is 1.91. The predicted octanol–water partition coefficient (Wildman–Crippen LogP) is 3.08. The van der Waals surface area contributed by atoms with Crippen molar-refractivity contribution in [1.82, 2.24) is 9.80 Å². The molecule has 0 bridgehead atoms. The van der Waals surface area contributed by atoms with Crippen molar-refractivity contribution in [1.29, 1.82) is 0 Å². The molecule has 1 aromatic rings. The number of aliphatic hydroxyl groups is 1. The van der Waals surface area contributed by atoms with Crippen LogP contribution in [0.4, 0.5) is 13.6 Å². The lowest BCUT2D eigenvalue weighted by Crippen LogP contribution is -2.35. The van der Waals surface area contributed by atoms with Crippen molar-refractivity contribution in [3.05, 3.63) is 48.0 Å². The standard InChI is InChI=1S/C19H27F2N2O5PS/c1-22-13-16(9-10-17(24)19(20,21)15-7-3-2-4-8-15)23(18(22)25)11-5-6-12-30-14-29(26,27)28/h2-4,7-10,16-17,24H,5-6,11-14H2,1H3,(H2,26,27,28)/b10-9+/t16-,17?/m0/s1. The number of hydrogen-bond donors (Lipinski definition) is 3. The van der Waals surface area contributed by atoms with Gasteiger partial charge >= 0.3 is 19.5 Å². The average Bonchev–Trinajstić information content (AvgIpc) is 2.96. The number of amides is 2. The monoisotopic (exact) mass is 464 g/mol. The van der Waals surface area contributed by atoms with Crippen LogP contribution in [0, 0.1) is 0 Å². The van der Waals surface area contributed by atoms with Gasteiger partial charge in [-0.1, -0.05) is 42.5 Å². The van der Waals surface area contributed by atoms with Gasteiger partial charge in [0, 0.05) is 25.7 Å². The number of carbonyl (C=O) groups is 1. The van der Waals surface area contributed by atoms with Crippen LogP contribution in [0.1, 0.15) is 18.4 Å². The zero-order valence-electron chi connectivity index (χ0n) is 16.6. The fraction of sp³-hybridized carbons (Fsp3) is 0.526. The van der Waals surface area contributed by atoms with Gasteiger partial charge in [-0.3, -0.25) is 4.57 Å². The third-order valence-electron chi connectivity index (χ3n) is 4.68. The molecule has 1 aliphatic heterocycles. The van der Waals surface area contributed by atoms with Gasteiger partial charge in [-0.2, -0.15) is 8.78 Å². The van der Waals surface area contributed by atoms with E-state index in [4.69, 9.17) is 9.79 Å². The summed E-state index contributed by atoms with van der Waals surface area (Å²) < 4.78 is 39.7. The lowest BCUT2D eigenvalue weighted by molar-refractivity contribution is -0.0929. The molecular weight excluding hydrogens is 437 g/mol. The summed E-state index contributed by atoms with van der Waals surface area (Å²) in [6.07, 6.45) is 1.72. The van der Waals surface area contributed by atoms with Crippen LogP contribution in [0.2, 0.25) is 0 Å². The van der Waals surface area contributed by atoms with E-state index in [2.05, 4.69) is 0 Å². The molecule has 2 amide bonds. The number of hydrogen-bond acceptors (Lipinski definition) is 4. The molecule has 1 unspecified atom stereocenters. The number of carbonyl (C=O) groups excluding carboxylic acids is 1. The molecule has 0 radical (unpaired) electrons. The summed E-state index contributed by atoms with van der Waals surface area (Å²) in [5.41, 5.74) is -0.525. The average molecular weight is 464 g/mol. The fourth-order valence-corrected chi connectivity index (χ4v) is 4.98. The first-order valence-electron chi connectivity index (χ1n) is 9.46. The molecule has 2 atom stereocenters. The van der Waals surface area contributed by atoms with Crippen LogP contribution in [0.5, 0.6) is 0 Å². The number of nitrogens with zero attached hydrogens (tertiary/aromatic N) is 2. The number of unbranched alkanes of at least 4 members (excludes halogenated alkanes) is 1. The van der Waals surface area contributed by atoms with Crippen molar-refractivity contribution < 1.29 is 33.0 Å². The number of thioether (sulfide) groups is 1. The van der Waals surface area contributed by atoms with Gasteiger partial charge < -0.3 is 24.7 Å². The van der Waals surface area contributed by atoms with Crippen molar-refractivity contribution in [2.24, 2.45) is 0 Å². The van der Waals surface area contributed by atoms with E-state index >= 15 is 0 Å². The maximum Gasteiger partial charge on any atom is 0.335 e. The maximum atomic E-state index is 14.4. The summed E-state index contributed by atoms with van der Waals surface area (Å²) in [7, 11) is -2.40. The van der Waals surface area contributed by atoms with Crippen LogP contribution in [-0.2, 0) is 10.5 Å². The van der Waals surface area contributed by atoms with Crippen molar-refractivity contribution in [2.75, 3.05) is 31.4 Å². The molecule has 3 N–H and O–H groups in total. The zero-order valence-corrected chi connectivity index (χ0v) is 18.3. The van der Waals surface area contributed by atoms with E-state index in [-0.39, 0.29) is 17.1 Å². The summed E-state index contributed by atoms with van der Waals surface area (Å²) in [5, 5.41) is 10.0. The number of urea groups is 1. The van der Waals surface area contributed by atoms with Crippen LogP contribution >= 0.6 is 19.4 Å². The molecule has 168 valence electrons. The highest BCUT2D eigenvalue weighted by atomic mass is 32.2. The second-order valence-corrected chi connectivity index (χ2v) is 10.3. The van der Waals surface area contributed by atoms with E-state index in [9.17, 15) is 23.2 Å². The fourth-order valence-electron chi connectivity index (χ4n) is 3.10. The summed E-state index contributed by atoms with van der Waals surface area (Å²) >= 11 is 1.15. The molecule has 7 nitrogen and oxygen atoms in total. The minimum Gasteiger partial charge on any atom is -0.382 e. The largest absolute Gasteiger partial charge is 0.382 e. The molecule has 11 heteroatoms. The van der Waals surface area contributed by atoms with E-state index in [0.717, 1.165) is 17.8 Å². The van der Waals surface area contributed by atoms with Crippen molar-refractivity contribution in [3.8, 4) is 0 Å². The second-order valence-electron chi connectivity index (χ2n) is 7.15. The molecule has 1 fully saturated rings. The number of aliphatic hydroxyl groups excluding tert-OH is 1. The van der Waals surface area contributed by atoms with Crippen molar-refractivity contribution >= 4 is 25.4 Å². The Morgan fingerprint density at radius 1 is 1.30 bits per heavy atom. The SMILES string of the molecule is CN1C[C@H](/C=C/C(O)C(F)(F)c2ccccc2)N(CCCCSCP(=O)(O)O)C1=O. The summed E-state index contributed by atoms with van der Waals surface area (Å²) in [6.45, 7) is 0.714. The van der Waals surface area contributed by atoms with E-state index in [0.29, 0.717) is 31.7 Å². The van der Waals surface area contributed by atoms with Crippen LogP contribution in [-0.4, -0.2) is 74.3 Å². The number of likely N-dealkylation sites (N-methyl/N-ethyl adjacent to an activating group) is 1. The highest BCUT2D eigenvalue weighted by Crippen LogP contribution is 2.38. The topological polar surface area (TPSA) is 101 Å². The van der Waals surface area contributed by atoms with Crippen molar-refractivity contribution in [2.45, 2.75) is 30.9 Å². The lowest BCUT2D eigenvalue weighted by Gasteiger charge is -2.23. The van der Waals surface area contributed by atoms with E-state index in [1.54, 1.807) is 18.0 Å². The summed E-state index contributed by atoms with van der Waals surface area (Å²) in [5.74, 6) is -2.90. The summed E-state index contributed by atoms with van der Waals surface area (Å²) in [6, 6.07) is 6.41. The van der Waals surface area contributed by atoms with Gasteiger partial charge in [-0.15, -0.1) is 11.8 Å². The van der Waals surface area contributed by atoms with Crippen molar-refractivity contribution in [3.63, 3.8) is 0 Å². The third-order valence-corrected chi connectivity index (χ3v) is 7.33. The number of benzene rings is 1. The van der Waals surface area contributed by atoms with Gasteiger partial charge in [0.15, 0.2) is 0 Å². The van der Waals surface area contributed by atoms with Crippen LogP contribution in [0.15, 0.2) is 42.5 Å². The van der Waals surface area contributed by atoms with Gasteiger partial charge in [0.25, 0.3) is 0 Å². The Bertz CT molecular complexity index is 777. The Morgan fingerprint density at radius 2 is 1.97 bits per heavy atom. The van der Waals surface area contributed by atoms with E-state index in [1.165, 1.54) is 35.2 Å². The number of alkyl halides is 2.